The number of fused-ring (bicyclic) bond motifs is 5. The fourth-order valence-corrected chi connectivity index (χ4v) is 3.38. The second-order valence-corrected chi connectivity index (χ2v) is 5.70. The van der Waals surface area contributed by atoms with Gasteiger partial charge >= 0.3 is 0 Å². The summed E-state index contributed by atoms with van der Waals surface area (Å²) in [5, 5.41) is 24.8. The van der Waals surface area contributed by atoms with Crippen molar-refractivity contribution in [1.29, 1.82) is 0 Å². The third kappa shape index (κ3) is 1.73. The van der Waals surface area contributed by atoms with Crippen molar-refractivity contribution in [2.45, 2.75) is 19.1 Å². The second kappa shape index (κ2) is 4.42. The first-order valence-electron chi connectivity index (χ1n) is 7.16. The number of aliphatic hydroxyl groups excluding tert-OH is 2. The van der Waals surface area contributed by atoms with Crippen molar-refractivity contribution < 1.29 is 10.2 Å². The SMILES string of the molecule is Cc1cc2ccccc2c2ccc3c(c12)C=C[C@@H](O)[C@@H]3O. The van der Waals surface area contributed by atoms with Gasteiger partial charge in [-0.3, -0.25) is 0 Å². The molecule has 0 aromatic heterocycles. The molecule has 21 heavy (non-hydrogen) atoms. The molecule has 3 aromatic carbocycles. The zero-order valence-corrected chi connectivity index (χ0v) is 11.7. The van der Waals surface area contributed by atoms with Gasteiger partial charge in [-0.25, -0.2) is 0 Å². The molecule has 2 atom stereocenters. The third-order valence-corrected chi connectivity index (χ3v) is 4.40. The standard InChI is InChI=1S/C19H16O2/c1-11-10-12-4-2-3-5-13(12)14-6-7-16-15(18(11)14)8-9-17(20)19(16)21/h2-10,17,19-21H,1H3/t17-,19-/m1/s1. The van der Waals surface area contributed by atoms with Gasteiger partial charge in [0.1, 0.15) is 12.2 Å². The van der Waals surface area contributed by atoms with Gasteiger partial charge in [0.2, 0.25) is 0 Å². The molecule has 0 radical (unpaired) electrons. The van der Waals surface area contributed by atoms with E-state index in [1.807, 2.05) is 24.3 Å². The Hall–Kier alpha value is -2.16. The van der Waals surface area contributed by atoms with Gasteiger partial charge in [0.15, 0.2) is 0 Å². The van der Waals surface area contributed by atoms with Gasteiger partial charge in [0, 0.05) is 0 Å². The molecule has 0 aliphatic heterocycles. The van der Waals surface area contributed by atoms with E-state index < -0.39 is 12.2 Å². The Morgan fingerprint density at radius 1 is 0.952 bits per heavy atom. The van der Waals surface area contributed by atoms with Crippen molar-refractivity contribution in [2.75, 3.05) is 0 Å². The Labute approximate surface area is 123 Å². The first-order chi connectivity index (χ1) is 10.2. The van der Waals surface area contributed by atoms with E-state index in [2.05, 4.69) is 31.2 Å². The topological polar surface area (TPSA) is 40.5 Å². The van der Waals surface area contributed by atoms with E-state index in [-0.39, 0.29) is 0 Å². The molecule has 0 fully saturated rings. The molecular formula is C19H16O2. The van der Waals surface area contributed by atoms with Crippen molar-refractivity contribution in [1.82, 2.24) is 0 Å². The van der Waals surface area contributed by atoms with Crippen LogP contribution in [0.5, 0.6) is 0 Å². The summed E-state index contributed by atoms with van der Waals surface area (Å²) in [5.74, 6) is 0. The molecule has 2 N–H and O–H groups in total. The predicted octanol–water partition coefficient (Wildman–Crippen LogP) is 3.72. The minimum absolute atomic E-state index is 0.802. The highest BCUT2D eigenvalue weighted by Gasteiger charge is 2.24. The van der Waals surface area contributed by atoms with E-state index in [1.165, 1.54) is 21.7 Å². The molecule has 2 nitrogen and oxygen atoms in total. The van der Waals surface area contributed by atoms with E-state index in [4.69, 9.17) is 0 Å². The molecule has 4 rings (SSSR count). The molecule has 104 valence electrons. The monoisotopic (exact) mass is 276 g/mol. The highest BCUT2D eigenvalue weighted by atomic mass is 16.3. The molecule has 1 aliphatic rings. The first-order valence-corrected chi connectivity index (χ1v) is 7.16. The zero-order valence-electron chi connectivity index (χ0n) is 11.7. The number of aryl methyl sites for hydroxylation is 1. The number of hydrogen-bond acceptors (Lipinski definition) is 2. The molecule has 0 spiro atoms. The fourth-order valence-electron chi connectivity index (χ4n) is 3.38. The summed E-state index contributed by atoms with van der Waals surface area (Å²) in [6.45, 7) is 2.10. The van der Waals surface area contributed by atoms with Gasteiger partial charge in [-0.2, -0.15) is 0 Å². The molecule has 0 unspecified atom stereocenters. The van der Waals surface area contributed by atoms with Gasteiger partial charge in [-0.1, -0.05) is 54.6 Å². The van der Waals surface area contributed by atoms with Crippen LogP contribution in [0.3, 0.4) is 0 Å². The molecular weight excluding hydrogens is 260 g/mol. The minimum atomic E-state index is -0.847. The Morgan fingerprint density at radius 3 is 2.62 bits per heavy atom. The van der Waals surface area contributed by atoms with Crippen LogP contribution in [0.25, 0.3) is 27.6 Å². The van der Waals surface area contributed by atoms with Crippen molar-refractivity contribution in [3.05, 3.63) is 65.2 Å². The fraction of sp³-hybridized carbons (Fsp3) is 0.158. The van der Waals surface area contributed by atoms with Crippen molar-refractivity contribution in [3.8, 4) is 0 Å². The number of rotatable bonds is 0. The summed E-state index contributed by atoms with van der Waals surface area (Å²) in [7, 11) is 0. The maximum Gasteiger partial charge on any atom is 0.109 e. The summed E-state index contributed by atoms with van der Waals surface area (Å²) >= 11 is 0. The van der Waals surface area contributed by atoms with Crippen LogP contribution in [0.4, 0.5) is 0 Å². The van der Waals surface area contributed by atoms with Crippen LogP contribution < -0.4 is 0 Å². The maximum atomic E-state index is 10.2. The van der Waals surface area contributed by atoms with Crippen LogP contribution in [0.2, 0.25) is 0 Å². The van der Waals surface area contributed by atoms with Crippen LogP contribution >= 0.6 is 0 Å². The highest BCUT2D eigenvalue weighted by molar-refractivity contribution is 6.11. The largest absolute Gasteiger partial charge is 0.386 e. The van der Waals surface area contributed by atoms with E-state index in [1.54, 1.807) is 6.08 Å². The van der Waals surface area contributed by atoms with Crippen molar-refractivity contribution >= 4 is 27.6 Å². The minimum Gasteiger partial charge on any atom is -0.386 e. The Kier molecular flexibility index (Phi) is 2.64. The van der Waals surface area contributed by atoms with E-state index in [0.29, 0.717) is 0 Å². The zero-order chi connectivity index (χ0) is 14.6. The van der Waals surface area contributed by atoms with Crippen molar-refractivity contribution in [3.63, 3.8) is 0 Å². The Bertz CT molecular complexity index is 893. The smallest absolute Gasteiger partial charge is 0.109 e. The van der Waals surface area contributed by atoms with E-state index >= 15 is 0 Å². The van der Waals surface area contributed by atoms with Gasteiger partial charge < -0.3 is 10.2 Å². The summed E-state index contributed by atoms with van der Waals surface area (Å²) in [4.78, 5) is 0. The average molecular weight is 276 g/mol. The van der Waals surface area contributed by atoms with Crippen LogP contribution in [0.15, 0.2) is 48.5 Å². The van der Waals surface area contributed by atoms with E-state index in [0.717, 1.165) is 16.5 Å². The Morgan fingerprint density at radius 2 is 1.76 bits per heavy atom. The summed E-state index contributed by atoms with van der Waals surface area (Å²) in [6, 6.07) is 14.5. The van der Waals surface area contributed by atoms with Crippen LogP contribution in [-0.4, -0.2) is 16.3 Å². The lowest BCUT2D eigenvalue weighted by Crippen LogP contribution is -2.19. The summed E-state index contributed by atoms with van der Waals surface area (Å²) in [6.07, 6.45) is 1.92. The van der Waals surface area contributed by atoms with Gasteiger partial charge in [-0.05, 0) is 45.2 Å². The first kappa shape index (κ1) is 12.6. The molecule has 0 bridgehead atoms. The van der Waals surface area contributed by atoms with E-state index in [9.17, 15) is 10.2 Å². The van der Waals surface area contributed by atoms with Crippen LogP contribution in [-0.2, 0) is 0 Å². The number of benzene rings is 3. The predicted molar refractivity (Wildman–Crippen MR) is 86.2 cm³/mol. The molecule has 0 saturated heterocycles. The second-order valence-electron chi connectivity index (χ2n) is 5.70. The normalized spacial score (nSPS) is 20.9. The molecule has 3 aromatic rings. The lowest BCUT2D eigenvalue weighted by atomic mass is 9.86. The van der Waals surface area contributed by atoms with Crippen LogP contribution in [0.1, 0.15) is 22.8 Å². The lowest BCUT2D eigenvalue weighted by molar-refractivity contribution is 0.0471. The van der Waals surface area contributed by atoms with Crippen LogP contribution in [0, 0.1) is 6.92 Å². The summed E-state index contributed by atoms with van der Waals surface area (Å²) < 4.78 is 0. The molecule has 0 saturated carbocycles. The summed E-state index contributed by atoms with van der Waals surface area (Å²) in [5.41, 5.74) is 3.01. The number of hydrogen-bond donors (Lipinski definition) is 2. The Balaban J connectivity index is 2.18. The lowest BCUT2D eigenvalue weighted by Gasteiger charge is -2.24. The van der Waals surface area contributed by atoms with Gasteiger partial charge in [-0.15, -0.1) is 0 Å². The molecule has 1 aliphatic carbocycles. The van der Waals surface area contributed by atoms with Crippen molar-refractivity contribution in [2.24, 2.45) is 0 Å². The third-order valence-electron chi connectivity index (χ3n) is 4.40. The molecule has 0 heterocycles. The highest BCUT2D eigenvalue weighted by Crippen LogP contribution is 2.37. The number of aliphatic hydroxyl groups is 2. The molecule has 0 amide bonds. The molecule has 2 heteroatoms. The van der Waals surface area contributed by atoms with Gasteiger partial charge in [0.25, 0.3) is 0 Å². The quantitative estimate of drug-likeness (QED) is 0.614. The maximum absolute atomic E-state index is 10.2. The van der Waals surface area contributed by atoms with Gasteiger partial charge in [0.05, 0.1) is 0 Å². The average Bonchev–Trinajstić information content (AvgIpc) is 2.50.